The highest BCUT2D eigenvalue weighted by molar-refractivity contribution is 5.84. The minimum Gasteiger partial charge on any atom is -0.398 e. The maximum absolute atomic E-state index is 6.26. The predicted octanol–water partition coefficient (Wildman–Crippen LogP) is 4.22. The van der Waals surface area contributed by atoms with Gasteiger partial charge in [-0.1, -0.05) is 35.9 Å². The second-order valence-corrected chi connectivity index (χ2v) is 5.85. The van der Waals surface area contributed by atoms with Crippen LogP contribution in [0.25, 0.3) is 16.7 Å². The Hall–Kier alpha value is -2.68. The molecule has 3 nitrogen and oxygen atoms in total. The van der Waals surface area contributed by atoms with Gasteiger partial charge >= 0.3 is 0 Å². The number of hydrogen-bond acceptors (Lipinski definition) is 3. The van der Waals surface area contributed by atoms with E-state index in [9.17, 15) is 0 Å². The first-order chi connectivity index (χ1) is 10.5. The minimum atomic E-state index is 0.580. The summed E-state index contributed by atoms with van der Waals surface area (Å²) in [6.45, 7) is 2.16. The fourth-order valence-corrected chi connectivity index (χ4v) is 2.75. The molecule has 0 unspecified atom stereocenters. The molecule has 2 aromatic rings. The van der Waals surface area contributed by atoms with Crippen molar-refractivity contribution in [2.24, 2.45) is 0 Å². The molecular formula is C19H21N3. The van der Waals surface area contributed by atoms with Gasteiger partial charge in [-0.3, -0.25) is 0 Å². The van der Waals surface area contributed by atoms with Crippen molar-refractivity contribution < 1.29 is 0 Å². The summed E-state index contributed by atoms with van der Waals surface area (Å²) in [6.07, 6.45) is 6.55. The average molecular weight is 291 g/mol. The SMILES string of the molecule is CC1=CC=C(c2ccc(-c3ccc(N)c(N)c3)c(N)c2)CC1. The molecular weight excluding hydrogens is 270 g/mol. The van der Waals surface area contributed by atoms with Gasteiger partial charge < -0.3 is 17.2 Å². The van der Waals surface area contributed by atoms with E-state index in [-0.39, 0.29) is 0 Å². The van der Waals surface area contributed by atoms with Crippen LogP contribution in [0.1, 0.15) is 25.3 Å². The van der Waals surface area contributed by atoms with Crippen LogP contribution in [0.15, 0.2) is 54.1 Å². The number of nitrogen functional groups attached to an aromatic ring is 3. The molecule has 3 heteroatoms. The van der Waals surface area contributed by atoms with E-state index in [1.54, 1.807) is 0 Å². The van der Waals surface area contributed by atoms with Gasteiger partial charge in [0.15, 0.2) is 0 Å². The van der Waals surface area contributed by atoms with Gasteiger partial charge in [0.1, 0.15) is 0 Å². The lowest BCUT2D eigenvalue weighted by Crippen LogP contribution is -1.97. The Morgan fingerprint density at radius 1 is 0.727 bits per heavy atom. The summed E-state index contributed by atoms with van der Waals surface area (Å²) in [6, 6.07) is 11.9. The smallest absolute Gasteiger partial charge is 0.0554 e. The van der Waals surface area contributed by atoms with Crippen LogP contribution in [-0.2, 0) is 0 Å². The molecule has 1 aliphatic rings. The molecule has 0 atom stereocenters. The Kier molecular flexibility index (Phi) is 3.63. The Morgan fingerprint density at radius 2 is 1.45 bits per heavy atom. The number of anilines is 3. The van der Waals surface area contributed by atoms with Gasteiger partial charge in [0.05, 0.1) is 11.4 Å². The van der Waals surface area contributed by atoms with Gasteiger partial charge in [0, 0.05) is 11.3 Å². The summed E-state index contributed by atoms with van der Waals surface area (Å²) in [5.74, 6) is 0. The molecule has 0 saturated carbocycles. The highest BCUT2D eigenvalue weighted by Gasteiger charge is 2.10. The van der Waals surface area contributed by atoms with Crippen molar-refractivity contribution in [3.8, 4) is 11.1 Å². The third-order valence-corrected chi connectivity index (χ3v) is 4.18. The molecule has 0 fully saturated rings. The van der Waals surface area contributed by atoms with Crippen LogP contribution in [0.4, 0.5) is 17.1 Å². The summed E-state index contributed by atoms with van der Waals surface area (Å²) < 4.78 is 0. The lowest BCUT2D eigenvalue weighted by molar-refractivity contribution is 0.977. The topological polar surface area (TPSA) is 78.1 Å². The van der Waals surface area contributed by atoms with Crippen molar-refractivity contribution in [3.05, 3.63) is 59.7 Å². The summed E-state index contributed by atoms with van der Waals surface area (Å²) >= 11 is 0. The maximum Gasteiger partial charge on any atom is 0.0554 e. The van der Waals surface area contributed by atoms with Gasteiger partial charge in [-0.05, 0) is 54.7 Å². The standard InChI is InChI=1S/C19H21N3/c1-12-2-4-13(5-3-12)14-6-8-16(18(21)10-14)15-7-9-17(20)19(22)11-15/h2,4,6-11H,3,5,20-22H2,1H3. The largest absolute Gasteiger partial charge is 0.398 e. The van der Waals surface area contributed by atoms with Crippen LogP contribution >= 0.6 is 0 Å². The normalized spacial score (nSPS) is 14.4. The van der Waals surface area contributed by atoms with Crippen LogP contribution in [0, 0.1) is 0 Å². The van der Waals surface area contributed by atoms with E-state index in [2.05, 4.69) is 31.2 Å². The van der Waals surface area contributed by atoms with Crippen molar-refractivity contribution in [2.45, 2.75) is 19.8 Å². The summed E-state index contributed by atoms with van der Waals surface area (Å²) in [4.78, 5) is 0. The Labute approximate surface area is 131 Å². The molecule has 0 amide bonds. The highest BCUT2D eigenvalue weighted by Crippen LogP contribution is 2.33. The van der Waals surface area contributed by atoms with E-state index in [1.807, 2.05) is 24.3 Å². The average Bonchev–Trinajstić information content (AvgIpc) is 2.51. The lowest BCUT2D eigenvalue weighted by Gasteiger charge is -2.15. The molecule has 6 N–H and O–H groups in total. The van der Waals surface area contributed by atoms with Crippen LogP contribution < -0.4 is 17.2 Å². The zero-order chi connectivity index (χ0) is 15.7. The van der Waals surface area contributed by atoms with Crippen LogP contribution in [0.2, 0.25) is 0 Å². The first-order valence-corrected chi connectivity index (χ1v) is 7.46. The van der Waals surface area contributed by atoms with Crippen molar-refractivity contribution in [3.63, 3.8) is 0 Å². The quantitative estimate of drug-likeness (QED) is 0.725. The molecule has 0 bridgehead atoms. The fourth-order valence-electron chi connectivity index (χ4n) is 2.75. The fraction of sp³-hybridized carbons (Fsp3) is 0.158. The molecule has 0 radical (unpaired) electrons. The molecule has 0 aliphatic heterocycles. The molecule has 0 spiro atoms. The molecule has 22 heavy (non-hydrogen) atoms. The number of nitrogens with two attached hydrogens (primary N) is 3. The van der Waals surface area contributed by atoms with E-state index >= 15 is 0 Å². The van der Waals surface area contributed by atoms with Gasteiger partial charge in [-0.25, -0.2) is 0 Å². The maximum atomic E-state index is 6.26. The number of allylic oxidation sites excluding steroid dienone is 4. The van der Waals surface area contributed by atoms with Crippen LogP contribution in [0.3, 0.4) is 0 Å². The summed E-state index contributed by atoms with van der Waals surface area (Å²) in [5, 5.41) is 0. The van der Waals surface area contributed by atoms with E-state index in [0.29, 0.717) is 11.4 Å². The van der Waals surface area contributed by atoms with E-state index in [4.69, 9.17) is 17.2 Å². The molecule has 112 valence electrons. The summed E-state index contributed by atoms with van der Waals surface area (Å²) in [7, 11) is 0. The van der Waals surface area contributed by atoms with Crippen LogP contribution in [-0.4, -0.2) is 0 Å². The van der Waals surface area contributed by atoms with Crippen molar-refractivity contribution in [1.29, 1.82) is 0 Å². The zero-order valence-corrected chi connectivity index (χ0v) is 12.8. The summed E-state index contributed by atoms with van der Waals surface area (Å²) in [5.41, 5.74) is 25.8. The molecule has 1 aliphatic carbocycles. The Bertz CT molecular complexity index is 785. The van der Waals surface area contributed by atoms with Crippen LogP contribution in [0.5, 0.6) is 0 Å². The molecule has 0 aromatic heterocycles. The number of rotatable bonds is 2. The van der Waals surface area contributed by atoms with Gasteiger partial charge in [0.25, 0.3) is 0 Å². The van der Waals surface area contributed by atoms with E-state index in [0.717, 1.165) is 29.7 Å². The second-order valence-electron chi connectivity index (χ2n) is 5.85. The highest BCUT2D eigenvalue weighted by atomic mass is 14.7. The first kappa shape index (κ1) is 14.3. The molecule has 2 aromatic carbocycles. The van der Waals surface area contributed by atoms with Gasteiger partial charge in [-0.15, -0.1) is 0 Å². The zero-order valence-electron chi connectivity index (χ0n) is 12.8. The minimum absolute atomic E-state index is 0.580. The first-order valence-electron chi connectivity index (χ1n) is 7.46. The molecule has 3 rings (SSSR count). The van der Waals surface area contributed by atoms with Crippen molar-refractivity contribution in [1.82, 2.24) is 0 Å². The van der Waals surface area contributed by atoms with E-state index in [1.165, 1.54) is 16.7 Å². The van der Waals surface area contributed by atoms with Gasteiger partial charge in [0.2, 0.25) is 0 Å². The third kappa shape index (κ3) is 2.70. The lowest BCUT2D eigenvalue weighted by atomic mass is 9.92. The van der Waals surface area contributed by atoms with Crippen molar-refractivity contribution in [2.75, 3.05) is 17.2 Å². The van der Waals surface area contributed by atoms with E-state index < -0.39 is 0 Å². The Balaban J connectivity index is 1.97. The Morgan fingerprint density at radius 3 is 2.09 bits per heavy atom. The number of benzene rings is 2. The van der Waals surface area contributed by atoms with Crippen molar-refractivity contribution >= 4 is 22.6 Å². The molecule has 0 heterocycles. The van der Waals surface area contributed by atoms with Gasteiger partial charge in [-0.2, -0.15) is 0 Å². The second kappa shape index (κ2) is 5.60. The monoisotopic (exact) mass is 291 g/mol. The third-order valence-electron chi connectivity index (χ3n) is 4.18. The molecule has 0 saturated heterocycles. The predicted molar refractivity (Wildman–Crippen MR) is 96.1 cm³/mol. The number of hydrogen-bond donors (Lipinski definition) is 3.